The minimum atomic E-state index is 0.714. The van der Waals surface area contributed by atoms with E-state index in [0.29, 0.717) is 5.57 Å². The van der Waals surface area contributed by atoms with Gasteiger partial charge in [0, 0.05) is 12.8 Å². The van der Waals surface area contributed by atoms with Crippen LogP contribution in [0.15, 0.2) is 34.9 Å². The lowest BCUT2D eigenvalue weighted by molar-refractivity contribution is 0.414. The van der Waals surface area contributed by atoms with Gasteiger partial charge < -0.3 is 10.1 Å². The van der Waals surface area contributed by atoms with Crippen LogP contribution in [0.5, 0.6) is 5.75 Å². The molecule has 1 N–H and O–H groups in total. The summed E-state index contributed by atoms with van der Waals surface area (Å²) in [5.74, 6) is 1.69. The Labute approximate surface area is 106 Å². The first-order chi connectivity index (χ1) is 8.21. The number of benzene rings is 1. The molecule has 1 rings (SSSR count). The molecule has 0 unspecified atom stereocenters. The smallest absolute Gasteiger partial charge is 0.118 e. The van der Waals surface area contributed by atoms with Gasteiger partial charge >= 0.3 is 0 Å². The van der Waals surface area contributed by atoms with Crippen molar-refractivity contribution in [2.75, 3.05) is 14.2 Å². The second-order valence-electron chi connectivity index (χ2n) is 3.45. The molecule has 0 aliphatic carbocycles. The fourth-order valence-corrected chi connectivity index (χ4v) is 2.21. The topological polar surface area (TPSA) is 45.0 Å². The van der Waals surface area contributed by atoms with E-state index in [0.717, 1.165) is 16.5 Å². The van der Waals surface area contributed by atoms with E-state index in [1.54, 1.807) is 18.9 Å². The van der Waals surface area contributed by atoms with Gasteiger partial charge in [-0.25, -0.2) is 0 Å². The Morgan fingerprint density at radius 2 is 2.06 bits per heavy atom. The van der Waals surface area contributed by atoms with Gasteiger partial charge in [0.05, 0.1) is 23.8 Å². The molecule has 0 radical (unpaired) electrons. The maximum absolute atomic E-state index is 8.82. The first-order valence-electron chi connectivity index (χ1n) is 5.25. The number of methoxy groups -OCH3 is 1. The lowest BCUT2D eigenvalue weighted by Crippen LogP contribution is -2.04. The van der Waals surface area contributed by atoms with Crippen LogP contribution in [0.25, 0.3) is 0 Å². The van der Waals surface area contributed by atoms with Gasteiger partial charge in [-0.15, -0.1) is 11.8 Å². The summed E-state index contributed by atoms with van der Waals surface area (Å²) in [6.07, 6.45) is 0. The van der Waals surface area contributed by atoms with Crippen molar-refractivity contribution in [2.24, 2.45) is 0 Å². The maximum atomic E-state index is 8.82. The van der Waals surface area contributed by atoms with Crippen molar-refractivity contribution in [1.82, 2.24) is 5.32 Å². The molecule has 0 heterocycles. The Kier molecular flexibility index (Phi) is 5.44. The van der Waals surface area contributed by atoms with E-state index < -0.39 is 0 Å². The molecule has 1 aromatic rings. The first kappa shape index (κ1) is 13.5. The molecule has 0 aliphatic rings. The molecule has 3 nitrogen and oxygen atoms in total. The average Bonchev–Trinajstić information content (AvgIpc) is 2.39. The molecule has 0 saturated heterocycles. The number of allylic oxidation sites excluding steroid dienone is 1. The fourth-order valence-electron chi connectivity index (χ4n) is 1.30. The molecule has 0 bridgehead atoms. The number of hydrogen-bond acceptors (Lipinski definition) is 4. The summed E-state index contributed by atoms with van der Waals surface area (Å²) in [5, 5.41) is 12.8. The van der Waals surface area contributed by atoms with Crippen molar-refractivity contribution in [3.63, 3.8) is 0 Å². The minimum absolute atomic E-state index is 0.714. The Morgan fingerprint density at radius 3 is 2.53 bits per heavy atom. The largest absolute Gasteiger partial charge is 0.497 e. The highest BCUT2D eigenvalue weighted by Gasteiger charge is 2.02. The zero-order valence-corrected chi connectivity index (χ0v) is 11.1. The molecule has 0 aliphatic heterocycles. The first-order valence-corrected chi connectivity index (χ1v) is 6.24. The van der Waals surface area contributed by atoms with Crippen molar-refractivity contribution in [3.05, 3.63) is 40.4 Å². The van der Waals surface area contributed by atoms with Crippen LogP contribution in [-0.2, 0) is 5.75 Å². The van der Waals surface area contributed by atoms with Crippen molar-refractivity contribution in [1.29, 1.82) is 5.26 Å². The number of thioether (sulfide) groups is 1. The molecule has 0 atom stereocenters. The second-order valence-corrected chi connectivity index (χ2v) is 4.44. The highest BCUT2D eigenvalue weighted by atomic mass is 32.2. The van der Waals surface area contributed by atoms with Gasteiger partial charge in [-0.05, 0) is 24.6 Å². The number of nitrogens with one attached hydrogen (secondary N) is 1. The van der Waals surface area contributed by atoms with Gasteiger partial charge in [0.1, 0.15) is 5.75 Å². The molecule has 90 valence electrons. The molecular weight excluding hydrogens is 232 g/mol. The predicted molar refractivity (Wildman–Crippen MR) is 71.7 cm³/mol. The number of nitrogens with zero attached hydrogens (tertiary/aromatic N) is 1. The number of ether oxygens (including phenoxy) is 1. The van der Waals surface area contributed by atoms with Gasteiger partial charge in [0.2, 0.25) is 0 Å². The second kappa shape index (κ2) is 6.87. The van der Waals surface area contributed by atoms with E-state index in [2.05, 4.69) is 11.4 Å². The van der Waals surface area contributed by atoms with Gasteiger partial charge in [0.25, 0.3) is 0 Å². The van der Waals surface area contributed by atoms with Crippen LogP contribution in [0.3, 0.4) is 0 Å². The SMILES string of the molecule is CN/C(SCc1ccc(OC)cc1)=C(\C)C#N. The quantitative estimate of drug-likeness (QED) is 0.814. The van der Waals surface area contributed by atoms with Crippen molar-refractivity contribution < 1.29 is 4.74 Å². The Balaban J connectivity index is 2.64. The average molecular weight is 248 g/mol. The fraction of sp³-hybridized carbons (Fsp3) is 0.308. The van der Waals surface area contributed by atoms with E-state index in [1.165, 1.54) is 5.56 Å². The van der Waals surface area contributed by atoms with Crippen LogP contribution in [-0.4, -0.2) is 14.2 Å². The summed E-state index contributed by atoms with van der Waals surface area (Å²) in [6.45, 7) is 1.81. The van der Waals surface area contributed by atoms with Crippen molar-refractivity contribution in [2.45, 2.75) is 12.7 Å². The lowest BCUT2D eigenvalue weighted by Gasteiger charge is -2.08. The maximum Gasteiger partial charge on any atom is 0.118 e. The van der Waals surface area contributed by atoms with Gasteiger partial charge in [-0.3, -0.25) is 0 Å². The zero-order chi connectivity index (χ0) is 12.7. The van der Waals surface area contributed by atoms with Crippen LogP contribution in [0, 0.1) is 11.3 Å². The molecule has 4 heteroatoms. The van der Waals surface area contributed by atoms with Gasteiger partial charge in [-0.2, -0.15) is 5.26 Å². The third-order valence-corrected chi connectivity index (χ3v) is 3.55. The van der Waals surface area contributed by atoms with Gasteiger partial charge in [0.15, 0.2) is 0 Å². The Hall–Kier alpha value is -1.60. The van der Waals surface area contributed by atoms with Crippen LogP contribution >= 0.6 is 11.8 Å². The number of hydrogen-bond donors (Lipinski definition) is 1. The molecule has 1 aromatic carbocycles. The molecule has 0 saturated carbocycles. The summed E-state index contributed by atoms with van der Waals surface area (Å²) < 4.78 is 5.10. The van der Waals surface area contributed by atoms with E-state index in [1.807, 2.05) is 38.2 Å². The van der Waals surface area contributed by atoms with Crippen molar-refractivity contribution in [3.8, 4) is 11.8 Å². The molecule has 17 heavy (non-hydrogen) atoms. The standard InChI is InChI=1S/C13H16N2OS/c1-10(8-14)13(15-2)17-9-11-4-6-12(16-3)7-5-11/h4-7,15H,9H2,1-3H3/b13-10-. The van der Waals surface area contributed by atoms with E-state index in [4.69, 9.17) is 10.00 Å². The van der Waals surface area contributed by atoms with Crippen LogP contribution < -0.4 is 10.1 Å². The minimum Gasteiger partial charge on any atom is -0.497 e. The number of nitriles is 1. The third-order valence-electron chi connectivity index (χ3n) is 2.28. The normalized spacial score (nSPS) is 11.4. The summed E-state index contributed by atoms with van der Waals surface area (Å²) in [6, 6.07) is 10.1. The molecule has 0 fully saturated rings. The zero-order valence-electron chi connectivity index (χ0n) is 10.3. The number of rotatable bonds is 5. The van der Waals surface area contributed by atoms with E-state index in [-0.39, 0.29) is 0 Å². The molecule has 0 amide bonds. The highest BCUT2D eigenvalue weighted by molar-refractivity contribution is 8.02. The van der Waals surface area contributed by atoms with E-state index >= 15 is 0 Å². The summed E-state index contributed by atoms with van der Waals surface area (Å²) in [4.78, 5) is 0. The summed E-state index contributed by atoms with van der Waals surface area (Å²) in [7, 11) is 3.49. The Morgan fingerprint density at radius 1 is 1.41 bits per heavy atom. The Bertz CT molecular complexity index is 432. The predicted octanol–water partition coefficient (Wildman–Crippen LogP) is 2.90. The lowest BCUT2D eigenvalue weighted by atomic mass is 10.2. The van der Waals surface area contributed by atoms with E-state index in [9.17, 15) is 0 Å². The third kappa shape index (κ3) is 4.04. The van der Waals surface area contributed by atoms with Crippen LogP contribution in [0.2, 0.25) is 0 Å². The van der Waals surface area contributed by atoms with Crippen molar-refractivity contribution >= 4 is 11.8 Å². The van der Waals surface area contributed by atoms with Crippen LogP contribution in [0.4, 0.5) is 0 Å². The van der Waals surface area contributed by atoms with Crippen LogP contribution in [0.1, 0.15) is 12.5 Å². The molecular formula is C13H16N2OS. The molecule has 0 aromatic heterocycles. The monoisotopic (exact) mass is 248 g/mol. The highest BCUT2D eigenvalue weighted by Crippen LogP contribution is 2.22. The summed E-state index contributed by atoms with van der Waals surface area (Å²) in [5.41, 5.74) is 1.92. The summed E-state index contributed by atoms with van der Waals surface area (Å²) >= 11 is 1.63. The molecule has 0 spiro atoms. The van der Waals surface area contributed by atoms with Gasteiger partial charge in [-0.1, -0.05) is 12.1 Å².